The van der Waals surface area contributed by atoms with Crippen LogP contribution < -0.4 is 5.73 Å². The van der Waals surface area contributed by atoms with Crippen LogP contribution in [-0.2, 0) is 5.33 Å². The van der Waals surface area contributed by atoms with E-state index in [1.807, 2.05) is 18.2 Å². The quantitative estimate of drug-likeness (QED) is 0.827. The van der Waals surface area contributed by atoms with E-state index < -0.39 is 0 Å². The first-order valence-corrected chi connectivity index (χ1v) is 5.78. The van der Waals surface area contributed by atoms with Gasteiger partial charge in [0, 0.05) is 16.4 Å². The van der Waals surface area contributed by atoms with Gasteiger partial charge in [-0.05, 0) is 29.7 Å². The molecule has 0 saturated heterocycles. The zero-order chi connectivity index (χ0) is 9.84. The van der Waals surface area contributed by atoms with Gasteiger partial charge in [-0.2, -0.15) is 0 Å². The Morgan fingerprint density at radius 1 is 1.54 bits per heavy atom. The molecule has 0 saturated carbocycles. The fourth-order valence-corrected chi connectivity index (χ4v) is 1.95. The van der Waals surface area contributed by atoms with Crippen molar-refractivity contribution in [2.75, 3.05) is 0 Å². The highest BCUT2D eigenvalue weighted by Gasteiger charge is 2.08. The predicted octanol–water partition coefficient (Wildman–Crippen LogP) is 3.64. The molecule has 1 rings (SSSR count). The van der Waals surface area contributed by atoms with Crippen LogP contribution in [0.15, 0.2) is 18.2 Å². The highest BCUT2D eigenvalue weighted by Crippen LogP contribution is 2.24. The summed E-state index contributed by atoms with van der Waals surface area (Å²) in [6, 6.07) is 5.97. The third kappa shape index (κ3) is 2.70. The molecule has 0 aliphatic rings. The van der Waals surface area contributed by atoms with E-state index in [4.69, 9.17) is 17.3 Å². The maximum absolute atomic E-state index is 5.96. The molecule has 0 aliphatic heterocycles. The van der Waals surface area contributed by atoms with E-state index in [2.05, 4.69) is 22.9 Å². The van der Waals surface area contributed by atoms with Gasteiger partial charge < -0.3 is 5.73 Å². The van der Waals surface area contributed by atoms with Crippen molar-refractivity contribution in [3.05, 3.63) is 34.3 Å². The predicted molar refractivity (Wildman–Crippen MR) is 61.3 cm³/mol. The molecule has 1 aromatic carbocycles. The maximum atomic E-state index is 5.96. The number of rotatable bonds is 3. The first kappa shape index (κ1) is 11.0. The summed E-state index contributed by atoms with van der Waals surface area (Å²) in [7, 11) is 0. The Kier molecular flexibility index (Phi) is 4.23. The summed E-state index contributed by atoms with van der Waals surface area (Å²) in [5.41, 5.74) is 8.32. The zero-order valence-electron chi connectivity index (χ0n) is 7.56. The summed E-state index contributed by atoms with van der Waals surface area (Å²) in [5, 5.41) is 1.57. The van der Waals surface area contributed by atoms with Crippen molar-refractivity contribution >= 4 is 27.5 Å². The number of benzene rings is 1. The van der Waals surface area contributed by atoms with Crippen molar-refractivity contribution in [2.45, 2.75) is 24.7 Å². The van der Waals surface area contributed by atoms with Crippen molar-refractivity contribution in [3.8, 4) is 0 Å². The fraction of sp³-hybridized carbons (Fsp3) is 0.400. The number of halogens is 2. The molecule has 13 heavy (non-hydrogen) atoms. The molecule has 1 atom stereocenters. The van der Waals surface area contributed by atoms with E-state index in [9.17, 15) is 0 Å². The summed E-state index contributed by atoms with van der Waals surface area (Å²) in [4.78, 5) is 0. The molecule has 72 valence electrons. The Morgan fingerprint density at radius 3 is 2.77 bits per heavy atom. The Labute approximate surface area is 92.4 Å². The van der Waals surface area contributed by atoms with Crippen LogP contribution in [0.5, 0.6) is 0 Å². The van der Waals surface area contributed by atoms with Gasteiger partial charge in [0.2, 0.25) is 0 Å². The van der Waals surface area contributed by atoms with E-state index >= 15 is 0 Å². The van der Waals surface area contributed by atoms with Crippen LogP contribution in [0.25, 0.3) is 0 Å². The third-order valence-corrected chi connectivity index (χ3v) is 2.93. The minimum atomic E-state index is 0.116. The standard InChI is InChI=1S/C10H13BrClN/c1-2-10(13)9-4-3-8(12)5-7(9)6-11/h3-5,10H,2,6,13H2,1H3/t10-/m0/s1. The van der Waals surface area contributed by atoms with Crippen LogP contribution in [0.3, 0.4) is 0 Å². The minimum Gasteiger partial charge on any atom is -0.324 e. The van der Waals surface area contributed by atoms with Crippen LogP contribution in [0.1, 0.15) is 30.5 Å². The normalized spacial score (nSPS) is 12.9. The van der Waals surface area contributed by atoms with Crippen molar-refractivity contribution in [1.82, 2.24) is 0 Å². The molecule has 0 bridgehead atoms. The summed E-state index contributed by atoms with van der Waals surface area (Å²) in [5.74, 6) is 0. The number of alkyl halides is 1. The Balaban J connectivity index is 3.05. The number of nitrogens with two attached hydrogens (primary N) is 1. The van der Waals surface area contributed by atoms with E-state index in [1.54, 1.807) is 0 Å². The van der Waals surface area contributed by atoms with Gasteiger partial charge in [0.25, 0.3) is 0 Å². The van der Waals surface area contributed by atoms with E-state index in [0.717, 1.165) is 16.8 Å². The monoisotopic (exact) mass is 261 g/mol. The Hall–Kier alpha value is -0.0500. The van der Waals surface area contributed by atoms with Crippen LogP contribution >= 0.6 is 27.5 Å². The Morgan fingerprint density at radius 2 is 2.23 bits per heavy atom. The second-order valence-electron chi connectivity index (χ2n) is 2.99. The smallest absolute Gasteiger partial charge is 0.0409 e. The summed E-state index contributed by atoms with van der Waals surface area (Å²) in [6.45, 7) is 2.08. The molecule has 0 spiro atoms. The van der Waals surface area contributed by atoms with Crippen LogP contribution in [0.4, 0.5) is 0 Å². The topological polar surface area (TPSA) is 26.0 Å². The first-order chi connectivity index (χ1) is 6.19. The minimum absolute atomic E-state index is 0.116. The number of hydrogen-bond acceptors (Lipinski definition) is 1. The van der Waals surface area contributed by atoms with Crippen molar-refractivity contribution in [1.29, 1.82) is 0 Å². The Bertz CT molecular complexity index is 288. The maximum Gasteiger partial charge on any atom is 0.0409 e. The summed E-state index contributed by atoms with van der Waals surface area (Å²) < 4.78 is 0. The largest absolute Gasteiger partial charge is 0.324 e. The SMILES string of the molecule is CC[C@H](N)c1ccc(Cl)cc1CBr. The van der Waals surface area contributed by atoms with Gasteiger partial charge in [-0.15, -0.1) is 0 Å². The molecule has 0 aromatic heterocycles. The lowest BCUT2D eigenvalue weighted by molar-refractivity contribution is 0.693. The lowest BCUT2D eigenvalue weighted by atomic mass is 10.0. The van der Waals surface area contributed by atoms with Crippen LogP contribution in [0.2, 0.25) is 5.02 Å². The lowest BCUT2D eigenvalue weighted by Crippen LogP contribution is -2.10. The van der Waals surface area contributed by atoms with E-state index in [-0.39, 0.29) is 6.04 Å². The van der Waals surface area contributed by atoms with Gasteiger partial charge in [-0.25, -0.2) is 0 Å². The number of hydrogen-bond donors (Lipinski definition) is 1. The highest BCUT2D eigenvalue weighted by molar-refractivity contribution is 9.08. The second kappa shape index (κ2) is 4.99. The van der Waals surface area contributed by atoms with Gasteiger partial charge >= 0.3 is 0 Å². The van der Waals surface area contributed by atoms with Gasteiger partial charge in [-0.3, -0.25) is 0 Å². The van der Waals surface area contributed by atoms with E-state index in [1.165, 1.54) is 11.1 Å². The lowest BCUT2D eigenvalue weighted by Gasteiger charge is -2.13. The molecule has 3 heteroatoms. The average molecular weight is 263 g/mol. The van der Waals surface area contributed by atoms with Gasteiger partial charge in [0.05, 0.1) is 0 Å². The molecule has 0 aliphatic carbocycles. The third-order valence-electron chi connectivity index (χ3n) is 2.09. The van der Waals surface area contributed by atoms with Crippen molar-refractivity contribution in [3.63, 3.8) is 0 Å². The van der Waals surface area contributed by atoms with Crippen LogP contribution in [0, 0.1) is 0 Å². The molecule has 0 heterocycles. The molecular weight excluding hydrogens is 249 g/mol. The molecule has 2 N–H and O–H groups in total. The average Bonchev–Trinajstić information content (AvgIpc) is 2.16. The molecule has 0 fully saturated rings. The van der Waals surface area contributed by atoms with Crippen molar-refractivity contribution < 1.29 is 0 Å². The fourth-order valence-electron chi connectivity index (χ4n) is 1.27. The molecule has 0 amide bonds. The van der Waals surface area contributed by atoms with E-state index in [0.29, 0.717) is 0 Å². The van der Waals surface area contributed by atoms with Gasteiger partial charge in [0.15, 0.2) is 0 Å². The molecule has 0 unspecified atom stereocenters. The molecule has 1 aromatic rings. The molecule has 0 radical (unpaired) electrons. The first-order valence-electron chi connectivity index (χ1n) is 4.29. The van der Waals surface area contributed by atoms with Gasteiger partial charge in [0.1, 0.15) is 0 Å². The molecular formula is C10H13BrClN. The van der Waals surface area contributed by atoms with Crippen molar-refractivity contribution in [2.24, 2.45) is 5.73 Å². The second-order valence-corrected chi connectivity index (χ2v) is 3.99. The highest BCUT2D eigenvalue weighted by atomic mass is 79.9. The summed E-state index contributed by atoms with van der Waals surface area (Å²) in [6.07, 6.45) is 0.946. The van der Waals surface area contributed by atoms with Gasteiger partial charge in [-0.1, -0.05) is 40.5 Å². The summed E-state index contributed by atoms with van der Waals surface area (Å²) >= 11 is 9.31. The van der Waals surface area contributed by atoms with Crippen LogP contribution in [-0.4, -0.2) is 0 Å². The molecule has 1 nitrogen and oxygen atoms in total. The zero-order valence-corrected chi connectivity index (χ0v) is 9.90.